The van der Waals surface area contributed by atoms with Crippen LogP contribution in [0, 0.1) is 11.8 Å². The molecule has 240 valence electrons. The van der Waals surface area contributed by atoms with Crippen LogP contribution in [0.15, 0.2) is 36.9 Å². The molecule has 0 aliphatic heterocycles. The quantitative estimate of drug-likeness (QED) is 0.158. The molecular formula is C30H40N4O9S. The summed E-state index contributed by atoms with van der Waals surface area (Å²) in [5.41, 5.74) is -0.836. The maximum absolute atomic E-state index is 13.6. The molecule has 3 atom stereocenters. The molecule has 4 rings (SSSR count). The maximum Gasteiger partial charge on any atom is 0.411 e. The van der Waals surface area contributed by atoms with E-state index in [1.165, 1.54) is 19.2 Å². The summed E-state index contributed by atoms with van der Waals surface area (Å²) in [5, 5.41) is 4.68. The number of unbranched alkanes of at least 4 members (excludes halogenated alkanes) is 2. The third kappa shape index (κ3) is 8.16. The fourth-order valence-electron chi connectivity index (χ4n) is 5.37. The van der Waals surface area contributed by atoms with Gasteiger partial charge < -0.3 is 19.7 Å². The van der Waals surface area contributed by atoms with Gasteiger partial charge in [0.25, 0.3) is 5.91 Å². The van der Waals surface area contributed by atoms with Crippen molar-refractivity contribution in [3.05, 3.63) is 42.5 Å². The Morgan fingerprint density at radius 1 is 1.09 bits per heavy atom. The molecule has 0 saturated heterocycles. The fourth-order valence-corrected chi connectivity index (χ4v) is 6.75. The van der Waals surface area contributed by atoms with Gasteiger partial charge in [-0.25, -0.2) is 18.0 Å². The van der Waals surface area contributed by atoms with Gasteiger partial charge in [-0.3, -0.25) is 24.4 Å². The van der Waals surface area contributed by atoms with Crippen molar-refractivity contribution in [3.63, 3.8) is 0 Å². The Hall–Kier alpha value is -3.94. The summed E-state index contributed by atoms with van der Waals surface area (Å²) in [4.78, 5) is 66.2. The predicted molar refractivity (Wildman–Crippen MR) is 160 cm³/mol. The number of allylic oxidation sites excluding steroid dienone is 1. The van der Waals surface area contributed by atoms with E-state index in [-0.39, 0.29) is 37.2 Å². The van der Waals surface area contributed by atoms with Crippen LogP contribution in [0.4, 0.5) is 10.5 Å². The van der Waals surface area contributed by atoms with Gasteiger partial charge in [0.15, 0.2) is 0 Å². The number of esters is 1. The van der Waals surface area contributed by atoms with Crippen molar-refractivity contribution >= 4 is 45.5 Å². The second-order valence-corrected chi connectivity index (χ2v) is 13.7. The third-order valence-electron chi connectivity index (χ3n) is 8.25. The van der Waals surface area contributed by atoms with Gasteiger partial charge in [-0.2, -0.15) is 0 Å². The average molecular weight is 633 g/mol. The molecule has 0 aromatic heterocycles. The van der Waals surface area contributed by atoms with Crippen molar-refractivity contribution < 1.29 is 41.9 Å². The average Bonchev–Trinajstić information content (AvgIpc) is 3.92. The van der Waals surface area contributed by atoms with Crippen LogP contribution in [0.2, 0.25) is 0 Å². The summed E-state index contributed by atoms with van der Waals surface area (Å²) in [7, 11) is -0.903. The van der Waals surface area contributed by atoms with E-state index in [1.807, 2.05) is 0 Å². The van der Waals surface area contributed by atoms with Crippen LogP contribution in [0.25, 0.3) is 0 Å². The highest BCUT2D eigenvalue weighted by Gasteiger charge is 2.55. The molecule has 0 spiro atoms. The summed E-state index contributed by atoms with van der Waals surface area (Å²) in [6, 6.07) is 6.09. The Kier molecular flexibility index (Phi) is 10.3. The lowest BCUT2D eigenvalue weighted by molar-refractivity contribution is -0.140. The van der Waals surface area contributed by atoms with Crippen molar-refractivity contribution in [3.8, 4) is 0 Å². The highest BCUT2D eigenvalue weighted by Crippen LogP contribution is 2.40. The standard InChI is InChI=1S/C30H40N4O9S/c1-4-5-6-7-15-34(2)26(36)24-18-21(43-29(39)31-20-10-8-9-19(16-20)27(37)42-3)17-23(24)25(35)32-30(13-14-30)28(38)33-44(40,41)22-11-12-22/h4,8-10,16,21-24H,1,5-7,11-15,17-18H2,2-3H3,(H,31,39)(H,32,35)(H,33,38)/t21-,23-,24-/m1/s1. The number of methoxy groups -OCH3 is 1. The molecule has 3 aliphatic rings. The smallest absolute Gasteiger partial charge is 0.411 e. The Morgan fingerprint density at radius 3 is 2.43 bits per heavy atom. The van der Waals surface area contributed by atoms with Gasteiger partial charge in [0.1, 0.15) is 11.6 Å². The third-order valence-corrected chi connectivity index (χ3v) is 10.1. The van der Waals surface area contributed by atoms with Crippen LogP contribution >= 0.6 is 0 Å². The predicted octanol–water partition coefficient (Wildman–Crippen LogP) is 2.49. The SMILES string of the molecule is C=CCCCCN(C)C(=O)[C@@H]1C[C@H](OC(=O)Nc2cccc(C(=O)OC)c2)C[C@H]1C(=O)NC1(C(=O)NS(=O)(=O)C2CC2)CC1. The summed E-state index contributed by atoms with van der Waals surface area (Å²) in [6.07, 6.45) is 4.20. The number of sulfonamides is 1. The van der Waals surface area contributed by atoms with Crippen molar-refractivity contribution in [1.29, 1.82) is 0 Å². The van der Waals surface area contributed by atoms with Crippen molar-refractivity contribution in [2.45, 2.75) is 74.7 Å². The molecule has 3 saturated carbocycles. The normalized spacial score (nSPS) is 21.8. The number of nitrogens with zero attached hydrogens (tertiary/aromatic N) is 1. The Morgan fingerprint density at radius 2 is 1.80 bits per heavy atom. The molecule has 3 N–H and O–H groups in total. The maximum atomic E-state index is 13.6. The van der Waals surface area contributed by atoms with Gasteiger partial charge >= 0.3 is 12.1 Å². The molecule has 4 amide bonds. The molecular weight excluding hydrogens is 592 g/mol. The van der Waals surface area contributed by atoms with Gasteiger partial charge in [-0.15, -0.1) is 6.58 Å². The summed E-state index contributed by atoms with van der Waals surface area (Å²) < 4.78 is 37.1. The molecule has 14 heteroatoms. The molecule has 1 aromatic rings. The van der Waals surface area contributed by atoms with Gasteiger partial charge in [0.2, 0.25) is 21.8 Å². The van der Waals surface area contributed by atoms with E-state index in [4.69, 9.17) is 9.47 Å². The molecule has 0 heterocycles. The highest BCUT2D eigenvalue weighted by molar-refractivity contribution is 7.91. The lowest BCUT2D eigenvalue weighted by Gasteiger charge is -2.26. The van der Waals surface area contributed by atoms with E-state index in [0.717, 1.165) is 19.3 Å². The molecule has 3 fully saturated rings. The van der Waals surface area contributed by atoms with E-state index < -0.39 is 62.6 Å². The first-order chi connectivity index (χ1) is 20.9. The van der Waals surface area contributed by atoms with E-state index >= 15 is 0 Å². The number of rotatable bonds is 14. The Labute approximate surface area is 257 Å². The van der Waals surface area contributed by atoms with Gasteiger partial charge in [0, 0.05) is 19.3 Å². The number of hydrogen-bond acceptors (Lipinski definition) is 9. The largest absolute Gasteiger partial charge is 0.465 e. The van der Waals surface area contributed by atoms with Crippen LogP contribution in [0.3, 0.4) is 0 Å². The van der Waals surface area contributed by atoms with E-state index in [9.17, 15) is 32.4 Å². The number of nitrogens with one attached hydrogen (secondary N) is 3. The van der Waals surface area contributed by atoms with Crippen molar-refractivity contribution in [2.75, 3.05) is 26.0 Å². The Bertz CT molecular complexity index is 1400. The zero-order valence-corrected chi connectivity index (χ0v) is 25.8. The number of anilines is 1. The number of carbonyl (C=O) groups is 5. The van der Waals surface area contributed by atoms with Crippen LogP contribution < -0.4 is 15.4 Å². The number of ether oxygens (including phenoxy) is 2. The topological polar surface area (TPSA) is 177 Å². The van der Waals surface area contributed by atoms with Crippen LogP contribution in [-0.4, -0.2) is 80.7 Å². The van der Waals surface area contributed by atoms with Gasteiger partial charge in [0.05, 0.1) is 29.8 Å². The van der Waals surface area contributed by atoms with Crippen molar-refractivity contribution in [2.24, 2.45) is 11.8 Å². The zero-order chi connectivity index (χ0) is 32.1. The summed E-state index contributed by atoms with van der Waals surface area (Å²) in [6.45, 7) is 4.17. The zero-order valence-electron chi connectivity index (χ0n) is 25.0. The fraction of sp³-hybridized carbons (Fsp3) is 0.567. The second-order valence-electron chi connectivity index (χ2n) is 11.7. The van der Waals surface area contributed by atoms with Crippen LogP contribution in [0.5, 0.6) is 0 Å². The first-order valence-corrected chi connectivity index (χ1v) is 16.3. The molecule has 0 bridgehead atoms. The van der Waals surface area contributed by atoms with Gasteiger partial charge in [-0.05, 0) is 76.0 Å². The number of carbonyl (C=O) groups excluding carboxylic acids is 5. The van der Waals surface area contributed by atoms with Gasteiger partial charge in [-0.1, -0.05) is 12.1 Å². The molecule has 0 radical (unpaired) electrons. The van der Waals surface area contributed by atoms with E-state index in [0.29, 0.717) is 25.1 Å². The molecule has 1 aromatic carbocycles. The Balaban J connectivity index is 1.43. The summed E-state index contributed by atoms with van der Waals surface area (Å²) >= 11 is 0. The molecule has 44 heavy (non-hydrogen) atoms. The lowest BCUT2D eigenvalue weighted by atomic mass is 9.93. The number of hydrogen-bond donors (Lipinski definition) is 3. The first-order valence-electron chi connectivity index (χ1n) is 14.8. The van der Waals surface area contributed by atoms with E-state index in [1.54, 1.807) is 30.2 Å². The monoisotopic (exact) mass is 632 g/mol. The molecule has 3 aliphatic carbocycles. The summed E-state index contributed by atoms with van der Waals surface area (Å²) in [5.74, 6) is -3.95. The minimum Gasteiger partial charge on any atom is -0.465 e. The van der Waals surface area contributed by atoms with Crippen LogP contribution in [0.1, 0.15) is 68.1 Å². The molecule has 0 unspecified atom stereocenters. The number of benzene rings is 1. The minimum atomic E-state index is -3.80. The minimum absolute atomic E-state index is 0.0280. The highest BCUT2D eigenvalue weighted by atomic mass is 32.2. The van der Waals surface area contributed by atoms with Crippen LogP contribution in [-0.2, 0) is 33.9 Å². The van der Waals surface area contributed by atoms with E-state index in [2.05, 4.69) is 21.9 Å². The first kappa shape index (κ1) is 33.0. The lowest BCUT2D eigenvalue weighted by Crippen LogP contribution is -2.53. The second kappa shape index (κ2) is 13.8. The van der Waals surface area contributed by atoms with Crippen molar-refractivity contribution in [1.82, 2.24) is 14.9 Å². The number of amides is 4. The molecule has 13 nitrogen and oxygen atoms in total.